The zero-order chi connectivity index (χ0) is 75.8. The Morgan fingerprint density at radius 2 is 0.278 bits per heavy atom. The van der Waals surface area contributed by atoms with Gasteiger partial charge in [0.25, 0.3) is 0 Å². The fourth-order valence-corrected chi connectivity index (χ4v) is 10.7. The molecule has 0 heterocycles. The van der Waals surface area contributed by atoms with Crippen molar-refractivity contribution in [2.75, 3.05) is 281 Å². The van der Waals surface area contributed by atoms with Gasteiger partial charge in [0.1, 0.15) is 74.1 Å². The lowest BCUT2D eigenvalue weighted by Gasteiger charge is -2.20. The summed E-state index contributed by atoms with van der Waals surface area (Å²) in [6.45, 7) is 14.4. The summed E-state index contributed by atoms with van der Waals surface area (Å²) in [5.74, 6) is 3.79. The van der Waals surface area contributed by atoms with Gasteiger partial charge in [-0.3, -0.25) is 0 Å². The third-order valence-corrected chi connectivity index (χ3v) is 16.2. The van der Waals surface area contributed by atoms with Crippen LogP contribution in [0.25, 0.3) is 66.8 Å². The van der Waals surface area contributed by atoms with Crippen LogP contribution in [0.15, 0.2) is 146 Å². The lowest BCUT2D eigenvalue weighted by atomic mass is 9.93. The van der Waals surface area contributed by atoms with Crippen molar-refractivity contribution in [1.29, 1.82) is 0 Å². The molecular formula is C84H114O24. The molecule has 0 saturated heterocycles. The minimum Gasteiger partial charge on any atom is -0.491 e. The van der Waals surface area contributed by atoms with Crippen molar-refractivity contribution >= 4 is 0 Å². The monoisotopic (exact) mass is 1510 g/mol. The molecule has 0 radical (unpaired) electrons. The van der Waals surface area contributed by atoms with Gasteiger partial charge < -0.3 is 114 Å². The first kappa shape index (κ1) is 87.8. The average Bonchev–Trinajstić information content (AvgIpc) is 0.800. The van der Waals surface area contributed by atoms with E-state index in [9.17, 15) is 0 Å². The van der Waals surface area contributed by atoms with E-state index in [2.05, 4.69) is 72.8 Å². The van der Waals surface area contributed by atoms with Gasteiger partial charge in [-0.25, -0.2) is 0 Å². The Bertz CT molecular complexity index is 3180. The number of ether oxygens (including phenoxy) is 24. The summed E-state index contributed by atoms with van der Waals surface area (Å²) in [4.78, 5) is 0. The van der Waals surface area contributed by atoms with Gasteiger partial charge in [0.2, 0.25) is 0 Å². The van der Waals surface area contributed by atoms with Crippen molar-refractivity contribution in [3.05, 3.63) is 146 Å². The molecule has 0 saturated carbocycles. The van der Waals surface area contributed by atoms with Gasteiger partial charge in [-0.05, 0) is 69.8 Å². The number of hydrogen-bond donors (Lipinski definition) is 0. The fraction of sp³-hybridized carbons (Fsp3) is 0.500. The Morgan fingerprint density at radius 3 is 0.426 bits per heavy atom. The van der Waals surface area contributed by atoms with Gasteiger partial charge in [0.05, 0.1) is 198 Å². The van der Waals surface area contributed by atoms with Crippen LogP contribution in [0.1, 0.15) is 0 Å². The molecule has 24 heteroatoms. The largest absolute Gasteiger partial charge is 0.491 e. The average molecular weight is 1510 g/mol. The second kappa shape index (κ2) is 56.8. The molecule has 7 aromatic rings. The smallest absolute Gasteiger partial charge is 0.128 e. The maximum absolute atomic E-state index is 6.82. The Hall–Kier alpha value is -7.38. The molecule has 594 valence electrons. The second-order valence-electron chi connectivity index (χ2n) is 23.8. The normalized spacial score (nSPS) is 11.4. The van der Waals surface area contributed by atoms with Crippen LogP contribution >= 0.6 is 0 Å². The fourth-order valence-electron chi connectivity index (χ4n) is 10.7. The predicted octanol–water partition coefficient (Wildman–Crippen LogP) is 12.0. The molecule has 24 nitrogen and oxygen atoms in total. The van der Waals surface area contributed by atoms with Crippen LogP contribution in [-0.2, 0) is 85.3 Å². The van der Waals surface area contributed by atoms with Gasteiger partial charge in [0, 0.05) is 76.0 Å². The third-order valence-electron chi connectivity index (χ3n) is 16.2. The van der Waals surface area contributed by atoms with E-state index < -0.39 is 0 Å². The van der Waals surface area contributed by atoms with E-state index in [0.717, 1.165) is 66.8 Å². The van der Waals surface area contributed by atoms with Crippen LogP contribution in [0.4, 0.5) is 0 Å². The molecule has 108 heavy (non-hydrogen) atoms. The topological polar surface area (TPSA) is 222 Å². The zero-order valence-electron chi connectivity index (χ0n) is 64.1. The van der Waals surface area contributed by atoms with Crippen LogP contribution in [0.5, 0.6) is 34.5 Å². The molecule has 0 spiro atoms. The van der Waals surface area contributed by atoms with E-state index in [-0.39, 0.29) is 39.6 Å². The van der Waals surface area contributed by atoms with E-state index in [1.165, 1.54) is 0 Å². The highest BCUT2D eigenvalue weighted by molar-refractivity contribution is 5.86. The summed E-state index contributed by atoms with van der Waals surface area (Å²) >= 11 is 0. The van der Waals surface area contributed by atoms with Gasteiger partial charge in [-0.2, -0.15) is 0 Å². The van der Waals surface area contributed by atoms with Gasteiger partial charge >= 0.3 is 0 Å². The van der Waals surface area contributed by atoms with Crippen LogP contribution in [0.3, 0.4) is 0 Å². The number of benzene rings is 7. The van der Waals surface area contributed by atoms with E-state index in [1.807, 2.05) is 72.8 Å². The molecule has 0 N–H and O–H groups in total. The number of hydrogen-bond acceptors (Lipinski definition) is 24. The number of methoxy groups -OCH3 is 6. The summed E-state index contributed by atoms with van der Waals surface area (Å²) < 4.78 is 141. The van der Waals surface area contributed by atoms with E-state index in [0.29, 0.717) is 233 Å². The van der Waals surface area contributed by atoms with Gasteiger partial charge in [0.15, 0.2) is 0 Å². The SMILES string of the molecule is COCCOCCOCCOc1cc(-c2ccc(-c3cc(OCCOCCOCCOC)c(-c4ccc(-c5cc(OCCOCCOCCOC)c(-c6ccccc6)cc5OCCOCCOCCOC)cc4)cc3OCCOCCOCCOC)cc2)c(OCCOCCOCCOC)cc1-c1ccccc1. The standard InChI is InChI=1S/C84H114O24/c1-85-25-31-91-37-43-97-49-55-103-79-63-75(81(61-73(79)67-13-9-7-10-14-67)105-57-51-99-45-39-93-33-27-87-3)69-17-21-71(22-18-69)77-65-84(108-60-54-102-48-42-96-36-30-90-6)78(66-83(77)107-59-53-101-47-41-95-35-29-89-5)72-23-19-70(20-24-72)76-64-80(104-56-50-98-44-38-92-32-26-86-2)74(68-15-11-8-12-16-68)62-82(76)106-58-52-100-46-40-94-34-28-88-4/h7-24,61-66H,25-60H2,1-6H3. The van der Waals surface area contributed by atoms with Crippen LogP contribution < -0.4 is 28.4 Å². The van der Waals surface area contributed by atoms with Gasteiger partial charge in [-0.1, -0.05) is 109 Å². The molecule has 0 unspecified atom stereocenters. The highest BCUT2D eigenvalue weighted by Gasteiger charge is 2.22. The molecule has 0 bridgehead atoms. The molecule has 0 atom stereocenters. The predicted molar refractivity (Wildman–Crippen MR) is 413 cm³/mol. The molecule has 0 aliphatic rings. The Balaban J connectivity index is 1.27. The molecule has 0 fully saturated rings. The van der Waals surface area contributed by atoms with E-state index in [1.54, 1.807) is 42.7 Å². The van der Waals surface area contributed by atoms with Crippen molar-refractivity contribution in [1.82, 2.24) is 0 Å². The van der Waals surface area contributed by atoms with Crippen molar-refractivity contribution in [2.45, 2.75) is 0 Å². The third kappa shape index (κ3) is 33.9. The minimum absolute atomic E-state index is 0.228. The maximum atomic E-state index is 6.82. The van der Waals surface area contributed by atoms with Crippen molar-refractivity contribution in [2.24, 2.45) is 0 Å². The summed E-state index contributed by atoms with van der Waals surface area (Å²) in [7, 11) is 9.87. The van der Waals surface area contributed by atoms with Crippen LogP contribution in [-0.4, -0.2) is 281 Å². The van der Waals surface area contributed by atoms with E-state index in [4.69, 9.17) is 114 Å². The summed E-state index contributed by atoms with van der Waals surface area (Å²) in [5.41, 5.74) is 10.2. The first-order valence-corrected chi connectivity index (χ1v) is 37.0. The van der Waals surface area contributed by atoms with Crippen molar-refractivity contribution in [3.8, 4) is 101 Å². The van der Waals surface area contributed by atoms with Crippen molar-refractivity contribution < 1.29 is 114 Å². The summed E-state index contributed by atoms with van der Waals surface area (Å²) in [6, 6.07) is 48.9. The van der Waals surface area contributed by atoms with E-state index >= 15 is 0 Å². The Labute approximate surface area is 638 Å². The first-order chi connectivity index (χ1) is 53.5. The highest BCUT2D eigenvalue weighted by atomic mass is 16.6. The molecule has 0 aliphatic carbocycles. The zero-order valence-corrected chi connectivity index (χ0v) is 64.1. The lowest BCUT2D eigenvalue weighted by Crippen LogP contribution is -2.13. The molecule has 7 aromatic carbocycles. The molecule has 0 aliphatic heterocycles. The maximum Gasteiger partial charge on any atom is 0.128 e. The highest BCUT2D eigenvalue weighted by Crippen LogP contribution is 2.46. The molecule has 7 rings (SSSR count). The number of rotatable bonds is 66. The minimum atomic E-state index is 0.228. The Morgan fingerprint density at radius 1 is 0.148 bits per heavy atom. The second-order valence-corrected chi connectivity index (χ2v) is 23.8. The van der Waals surface area contributed by atoms with Crippen LogP contribution in [0.2, 0.25) is 0 Å². The quantitative estimate of drug-likeness (QED) is 0.0323. The van der Waals surface area contributed by atoms with Gasteiger partial charge in [-0.15, -0.1) is 0 Å². The lowest BCUT2D eigenvalue weighted by molar-refractivity contribution is 0.0178. The molecule has 0 aromatic heterocycles. The van der Waals surface area contributed by atoms with Crippen molar-refractivity contribution in [3.63, 3.8) is 0 Å². The summed E-state index contributed by atoms with van der Waals surface area (Å²) in [5, 5.41) is 0. The first-order valence-electron chi connectivity index (χ1n) is 37.0. The summed E-state index contributed by atoms with van der Waals surface area (Å²) in [6.07, 6.45) is 0. The molecular weight excluding hydrogens is 1390 g/mol. The van der Waals surface area contributed by atoms with Crippen LogP contribution in [0, 0.1) is 0 Å². The Kier molecular flexibility index (Phi) is 46.2. The molecule has 0 amide bonds.